The molecule has 124 valence electrons. The molecule has 0 aliphatic carbocycles. The first-order chi connectivity index (χ1) is 11.0. The van der Waals surface area contributed by atoms with Crippen molar-refractivity contribution >= 4 is 27.3 Å². The fraction of sp³-hybridized carbons (Fsp3) is 0.312. The smallest absolute Gasteiger partial charge is 0.261 e. The molecule has 0 atom stereocenters. The van der Waals surface area contributed by atoms with Gasteiger partial charge in [-0.25, -0.2) is 12.7 Å². The Bertz CT molecular complexity index is 713. The summed E-state index contributed by atoms with van der Waals surface area (Å²) in [6.07, 6.45) is 1.84. The highest BCUT2D eigenvalue weighted by Gasteiger charge is 2.16. The van der Waals surface area contributed by atoms with Gasteiger partial charge < -0.3 is 5.32 Å². The predicted molar refractivity (Wildman–Crippen MR) is 93.2 cm³/mol. The molecule has 0 radical (unpaired) electrons. The molecular formula is C16H20N2O3S2. The second-order valence-electron chi connectivity index (χ2n) is 5.13. The van der Waals surface area contributed by atoms with Crippen LogP contribution in [0.15, 0.2) is 47.8 Å². The lowest BCUT2D eigenvalue weighted by Gasteiger charge is -2.20. The van der Waals surface area contributed by atoms with E-state index in [9.17, 15) is 13.2 Å². The van der Waals surface area contributed by atoms with Crippen molar-refractivity contribution in [2.45, 2.75) is 6.42 Å². The molecular weight excluding hydrogens is 332 g/mol. The van der Waals surface area contributed by atoms with E-state index in [0.29, 0.717) is 24.4 Å². The molecule has 1 aromatic carbocycles. The third kappa shape index (κ3) is 5.78. The van der Waals surface area contributed by atoms with Gasteiger partial charge in [-0.05, 0) is 23.4 Å². The molecule has 0 saturated carbocycles. The van der Waals surface area contributed by atoms with Gasteiger partial charge >= 0.3 is 0 Å². The Hall–Kier alpha value is -1.70. The highest BCUT2D eigenvalue weighted by Crippen LogP contribution is 2.08. The molecule has 23 heavy (non-hydrogen) atoms. The lowest BCUT2D eigenvalue weighted by Crippen LogP contribution is -2.39. The summed E-state index contributed by atoms with van der Waals surface area (Å²) in [6, 6.07) is 13.3. The zero-order valence-electron chi connectivity index (χ0n) is 12.9. The Morgan fingerprint density at radius 1 is 1.13 bits per heavy atom. The van der Waals surface area contributed by atoms with Gasteiger partial charge in [0.1, 0.15) is 0 Å². The van der Waals surface area contributed by atoms with Gasteiger partial charge in [-0.15, -0.1) is 11.3 Å². The molecule has 0 unspecified atom stereocenters. The van der Waals surface area contributed by atoms with Gasteiger partial charge in [-0.1, -0.05) is 36.4 Å². The first kappa shape index (κ1) is 17.7. The third-order valence-electron chi connectivity index (χ3n) is 3.35. The van der Waals surface area contributed by atoms with Crippen LogP contribution in [0.2, 0.25) is 0 Å². The molecule has 1 amide bonds. The van der Waals surface area contributed by atoms with Crippen LogP contribution in [0.5, 0.6) is 0 Å². The van der Waals surface area contributed by atoms with E-state index in [1.54, 1.807) is 6.07 Å². The molecule has 2 aromatic rings. The van der Waals surface area contributed by atoms with Crippen LogP contribution in [0.3, 0.4) is 0 Å². The molecule has 0 aliphatic heterocycles. The molecule has 0 aliphatic rings. The maximum atomic E-state index is 11.9. The average molecular weight is 352 g/mol. The number of amides is 1. The van der Waals surface area contributed by atoms with Crippen molar-refractivity contribution in [2.24, 2.45) is 0 Å². The van der Waals surface area contributed by atoms with Crippen LogP contribution in [0.25, 0.3) is 0 Å². The minimum atomic E-state index is -3.30. The number of carbonyl (C=O) groups is 1. The summed E-state index contributed by atoms with van der Waals surface area (Å²) in [5.41, 5.74) is 1.09. The van der Waals surface area contributed by atoms with Crippen LogP contribution >= 0.6 is 11.3 Å². The van der Waals surface area contributed by atoms with E-state index in [-0.39, 0.29) is 12.5 Å². The van der Waals surface area contributed by atoms with Crippen LogP contribution in [0.1, 0.15) is 15.2 Å². The minimum absolute atomic E-state index is 0.170. The number of benzene rings is 1. The molecule has 1 aromatic heterocycles. The fourth-order valence-corrected chi connectivity index (χ4v) is 3.62. The van der Waals surface area contributed by atoms with Gasteiger partial charge in [-0.3, -0.25) is 4.79 Å². The summed E-state index contributed by atoms with van der Waals surface area (Å²) in [4.78, 5) is 12.5. The third-order valence-corrected chi connectivity index (χ3v) is 5.53. The molecule has 5 nitrogen and oxygen atoms in total. The van der Waals surface area contributed by atoms with Crippen LogP contribution in [0, 0.1) is 0 Å². The van der Waals surface area contributed by atoms with E-state index in [0.717, 1.165) is 5.56 Å². The van der Waals surface area contributed by atoms with Crippen molar-refractivity contribution in [1.82, 2.24) is 9.62 Å². The first-order valence-corrected chi connectivity index (χ1v) is 10.0. The molecule has 0 fully saturated rings. The normalized spacial score (nSPS) is 11.6. The summed E-state index contributed by atoms with van der Waals surface area (Å²) in [5.74, 6) is -0.170. The van der Waals surface area contributed by atoms with Gasteiger partial charge in [0, 0.05) is 19.6 Å². The van der Waals surface area contributed by atoms with Crippen LogP contribution in [-0.2, 0) is 16.4 Å². The quantitative estimate of drug-likeness (QED) is 0.790. The highest BCUT2D eigenvalue weighted by molar-refractivity contribution is 7.88. The summed E-state index contributed by atoms with van der Waals surface area (Å²) in [6.45, 7) is 0.957. The largest absolute Gasteiger partial charge is 0.350 e. The summed E-state index contributed by atoms with van der Waals surface area (Å²) in [5, 5.41) is 4.58. The van der Waals surface area contributed by atoms with Crippen molar-refractivity contribution in [1.29, 1.82) is 0 Å². The topological polar surface area (TPSA) is 66.5 Å². The van der Waals surface area contributed by atoms with Crippen molar-refractivity contribution in [3.05, 3.63) is 58.3 Å². The fourth-order valence-electron chi connectivity index (χ4n) is 2.13. The molecule has 7 heteroatoms. The van der Waals surface area contributed by atoms with Crippen molar-refractivity contribution in [3.8, 4) is 0 Å². The van der Waals surface area contributed by atoms with Gasteiger partial charge in [0.15, 0.2) is 0 Å². The predicted octanol–water partition coefficient (Wildman–Crippen LogP) is 1.98. The Labute approximate surface area is 141 Å². The lowest BCUT2D eigenvalue weighted by molar-refractivity contribution is 0.0955. The maximum absolute atomic E-state index is 11.9. The van der Waals surface area contributed by atoms with Crippen molar-refractivity contribution in [2.75, 3.05) is 25.9 Å². The molecule has 1 N–H and O–H groups in total. The number of nitrogens with one attached hydrogen (secondary N) is 1. The molecule has 1 heterocycles. The van der Waals surface area contributed by atoms with Gasteiger partial charge in [0.05, 0.1) is 11.1 Å². The van der Waals surface area contributed by atoms with Gasteiger partial charge in [0.2, 0.25) is 10.0 Å². The molecule has 2 rings (SSSR count). The number of thiophene rings is 1. The summed E-state index contributed by atoms with van der Waals surface area (Å²) in [7, 11) is -3.30. The maximum Gasteiger partial charge on any atom is 0.261 e. The van der Waals surface area contributed by atoms with Gasteiger partial charge in [-0.2, -0.15) is 0 Å². The monoisotopic (exact) mass is 352 g/mol. The minimum Gasteiger partial charge on any atom is -0.350 e. The Kier molecular flexibility index (Phi) is 6.32. The number of hydrogen-bond donors (Lipinski definition) is 1. The number of hydrogen-bond acceptors (Lipinski definition) is 4. The van der Waals surface area contributed by atoms with E-state index in [2.05, 4.69) is 5.32 Å². The first-order valence-electron chi connectivity index (χ1n) is 7.27. The van der Waals surface area contributed by atoms with Crippen molar-refractivity contribution in [3.63, 3.8) is 0 Å². The van der Waals surface area contributed by atoms with Gasteiger partial charge in [0.25, 0.3) is 5.91 Å². The van der Waals surface area contributed by atoms with Crippen LogP contribution in [-0.4, -0.2) is 44.5 Å². The summed E-state index contributed by atoms with van der Waals surface area (Å²) >= 11 is 1.36. The van der Waals surface area contributed by atoms with E-state index in [1.807, 2.05) is 41.8 Å². The zero-order valence-corrected chi connectivity index (χ0v) is 14.6. The second kappa shape index (κ2) is 8.24. The zero-order chi connectivity index (χ0) is 16.7. The highest BCUT2D eigenvalue weighted by atomic mass is 32.2. The Balaban J connectivity index is 1.85. The number of nitrogens with zero attached hydrogens (tertiary/aromatic N) is 1. The standard InChI is InChI=1S/C16H20N2O3S2/c1-23(20,21)18(11-9-14-6-3-2-4-7-14)12-10-17-16(19)15-8-5-13-22-15/h2-8,13H,9-12H2,1H3,(H,17,19). The van der Waals surface area contributed by atoms with E-state index >= 15 is 0 Å². The van der Waals surface area contributed by atoms with Crippen LogP contribution in [0.4, 0.5) is 0 Å². The lowest BCUT2D eigenvalue weighted by atomic mass is 10.1. The van der Waals surface area contributed by atoms with E-state index < -0.39 is 10.0 Å². The Morgan fingerprint density at radius 2 is 1.87 bits per heavy atom. The number of rotatable bonds is 8. The number of sulfonamides is 1. The number of carbonyl (C=O) groups excluding carboxylic acids is 1. The molecule has 0 spiro atoms. The molecule has 0 bridgehead atoms. The average Bonchev–Trinajstić information content (AvgIpc) is 3.04. The SMILES string of the molecule is CS(=O)(=O)N(CCNC(=O)c1cccs1)CCc1ccccc1. The Morgan fingerprint density at radius 3 is 2.48 bits per heavy atom. The second-order valence-corrected chi connectivity index (χ2v) is 8.06. The van der Waals surface area contributed by atoms with E-state index in [4.69, 9.17) is 0 Å². The van der Waals surface area contributed by atoms with Crippen LogP contribution < -0.4 is 5.32 Å². The van der Waals surface area contributed by atoms with E-state index in [1.165, 1.54) is 21.9 Å². The molecule has 0 saturated heterocycles. The summed E-state index contributed by atoms with van der Waals surface area (Å²) < 4.78 is 25.1. The van der Waals surface area contributed by atoms with Crippen molar-refractivity contribution < 1.29 is 13.2 Å².